The summed E-state index contributed by atoms with van der Waals surface area (Å²) in [6, 6.07) is 10.5. The molecule has 0 bridgehead atoms. The molecule has 0 radical (unpaired) electrons. The molecule has 20 heavy (non-hydrogen) atoms. The third kappa shape index (κ3) is 3.61. The molecular weight excluding hydrogens is 315 g/mol. The smallest absolute Gasteiger partial charge is 0.189 e. The molecule has 2 rings (SSSR count). The molecule has 0 saturated carbocycles. The van der Waals surface area contributed by atoms with Crippen molar-refractivity contribution in [2.24, 2.45) is 0 Å². The highest BCUT2D eigenvalue weighted by Gasteiger charge is 2.11. The van der Waals surface area contributed by atoms with Crippen LogP contribution in [0.1, 0.15) is 15.9 Å². The van der Waals surface area contributed by atoms with Gasteiger partial charge in [-0.15, -0.1) is 11.3 Å². The first-order valence-electron chi connectivity index (χ1n) is 5.52. The second kappa shape index (κ2) is 6.58. The summed E-state index contributed by atoms with van der Waals surface area (Å²) in [4.78, 5) is 11.9. The minimum absolute atomic E-state index is 0.234. The topological polar surface area (TPSA) is 52.9 Å². The summed E-state index contributed by atoms with van der Waals surface area (Å²) in [6.45, 7) is 0. The van der Waals surface area contributed by atoms with Gasteiger partial charge in [0.2, 0.25) is 0 Å². The number of nitrogens with zero attached hydrogens (tertiary/aromatic N) is 1. The zero-order chi connectivity index (χ0) is 14.5. The standard InChI is InChI=1S/C14H8Cl2N2OS/c15-13-7-11(14(16)20-13)12(19)4-5-18-10-3-1-2-9(6-10)8-17/h1-7,18H/b5-4+. The summed E-state index contributed by atoms with van der Waals surface area (Å²) in [5.41, 5.74) is 1.65. The number of carbonyl (C=O) groups is 1. The fourth-order valence-electron chi connectivity index (χ4n) is 1.49. The molecule has 0 aliphatic heterocycles. The van der Waals surface area contributed by atoms with Crippen molar-refractivity contribution in [2.45, 2.75) is 0 Å². The third-order valence-electron chi connectivity index (χ3n) is 2.40. The number of ketones is 1. The molecule has 0 spiro atoms. The van der Waals surface area contributed by atoms with Crippen LogP contribution < -0.4 is 5.32 Å². The van der Waals surface area contributed by atoms with Crippen molar-refractivity contribution < 1.29 is 4.79 Å². The lowest BCUT2D eigenvalue weighted by atomic mass is 10.2. The van der Waals surface area contributed by atoms with Crippen molar-refractivity contribution in [2.75, 3.05) is 5.32 Å². The molecule has 0 saturated heterocycles. The van der Waals surface area contributed by atoms with Crippen molar-refractivity contribution >= 4 is 46.0 Å². The summed E-state index contributed by atoms with van der Waals surface area (Å²) >= 11 is 12.8. The van der Waals surface area contributed by atoms with Crippen molar-refractivity contribution in [1.29, 1.82) is 5.26 Å². The number of anilines is 1. The largest absolute Gasteiger partial charge is 0.362 e. The monoisotopic (exact) mass is 322 g/mol. The average molecular weight is 323 g/mol. The molecule has 1 aromatic carbocycles. The van der Waals surface area contributed by atoms with Gasteiger partial charge in [-0.2, -0.15) is 5.26 Å². The van der Waals surface area contributed by atoms with Crippen LogP contribution in [-0.2, 0) is 0 Å². The van der Waals surface area contributed by atoms with Crippen LogP contribution in [0.5, 0.6) is 0 Å². The Morgan fingerprint density at radius 2 is 2.15 bits per heavy atom. The van der Waals surface area contributed by atoms with Crippen LogP contribution in [0.25, 0.3) is 0 Å². The van der Waals surface area contributed by atoms with E-state index < -0.39 is 0 Å². The summed E-state index contributed by atoms with van der Waals surface area (Å²) < 4.78 is 0.845. The van der Waals surface area contributed by atoms with Crippen LogP contribution in [-0.4, -0.2) is 5.78 Å². The lowest BCUT2D eigenvalue weighted by molar-refractivity contribution is 0.104. The SMILES string of the molecule is N#Cc1cccc(N/C=C/C(=O)c2cc(Cl)sc2Cl)c1. The van der Waals surface area contributed by atoms with Crippen LogP contribution in [0.2, 0.25) is 8.67 Å². The highest BCUT2D eigenvalue weighted by Crippen LogP contribution is 2.31. The number of allylic oxidation sites excluding steroid dienone is 1. The van der Waals surface area contributed by atoms with Crippen LogP contribution in [0, 0.1) is 11.3 Å². The molecule has 1 heterocycles. The second-order valence-electron chi connectivity index (χ2n) is 3.77. The number of halogens is 2. The van der Waals surface area contributed by atoms with E-state index in [1.165, 1.54) is 18.3 Å². The normalized spacial score (nSPS) is 10.4. The zero-order valence-electron chi connectivity index (χ0n) is 10.1. The van der Waals surface area contributed by atoms with E-state index in [0.717, 1.165) is 17.0 Å². The quantitative estimate of drug-likeness (QED) is 0.653. The fraction of sp³-hybridized carbons (Fsp3) is 0. The first kappa shape index (κ1) is 14.6. The Hall–Kier alpha value is -1.80. The molecule has 0 unspecified atom stereocenters. The number of rotatable bonds is 4. The number of thiophene rings is 1. The first-order valence-corrected chi connectivity index (χ1v) is 7.10. The minimum atomic E-state index is -0.234. The Bertz CT molecular complexity index is 716. The van der Waals surface area contributed by atoms with Gasteiger partial charge < -0.3 is 5.32 Å². The summed E-state index contributed by atoms with van der Waals surface area (Å²) in [5.74, 6) is -0.234. The van der Waals surface area contributed by atoms with Gasteiger partial charge in [0.15, 0.2) is 5.78 Å². The average Bonchev–Trinajstić information content (AvgIpc) is 2.78. The van der Waals surface area contributed by atoms with E-state index in [4.69, 9.17) is 28.5 Å². The van der Waals surface area contributed by atoms with E-state index in [-0.39, 0.29) is 5.78 Å². The molecule has 1 aromatic heterocycles. The molecular formula is C14H8Cl2N2OS. The Kier molecular flexibility index (Phi) is 4.80. The van der Waals surface area contributed by atoms with Crippen LogP contribution in [0.4, 0.5) is 5.69 Å². The molecule has 100 valence electrons. The predicted molar refractivity (Wildman–Crippen MR) is 82.6 cm³/mol. The van der Waals surface area contributed by atoms with Crippen LogP contribution in [0.15, 0.2) is 42.6 Å². The lowest BCUT2D eigenvalue weighted by Crippen LogP contribution is -1.95. The minimum Gasteiger partial charge on any atom is -0.362 e. The van der Waals surface area contributed by atoms with Crippen molar-refractivity contribution in [3.05, 3.63) is 62.4 Å². The molecule has 0 atom stereocenters. The van der Waals surface area contributed by atoms with Gasteiger partial charge in [-0.3, -0.25) is 4.79 Å². The molecule has 0 fully saturated rings. The van der Waals surface area contributed by atoms with E-state index in [9.17, 15) is 4.79 Å². The van der Waals surface area contributed by atoms with Gasteiger partial charge in [0.25, 0.3) is 0 Å². The van der Waals surface area contributed by atoms with Gasteiger partial charge in [0.1, 0.15) is 4.34 Å². The molecule has 3 nitrogen and oxygen atoms in total. The third-order valence-corrected chi connectivity index (χ3v) is 3.89. The Balaban J connectivity index is 2.05. The summed E-state index contributed by atoms with van der Waals surface area (Å²) in [6.07, 6.45) is 2.87. The van der Waals surface area contributed by atoms with E-state index in [2.05, 4.69) is 5.32 Å². The van der Waals surface area contributed by atoms with Gasteiger partial charge in [0.05, 0.1) is 21.5 Å². The van der Waals surface area contributed by atoms with E-state index in [1.54, 1.807) is 24.3 Å². The fourth-order valence-corrected chi connectivity index (χ4v) is 2.96. The maximum atomic E-state index is 11.9. The lowest BCUT2D eigenvalue weighted by Gasteiger charge is -2.00. The van der Waals surface area contributed by atoms with E-state index in [1.807, 2.05) is 6.07 Å². The summed E-state index contributed by atoms with van der Waals surface area (Å²) in [5, 5.41) is 11.7. The van der Waals surface area contributed by atoms with Gasteiger partial charge >= 0.3 is 0 Å². The molecule has 6 heteroatoms. The van der Waals surface area contributed by atoms with Crippen LogP contribution in [0.3, 0.4) is 0 Å². The summed E-state index contributed by atoms with van der Waals surface area (Å²) in [7, 11) is 0. The van der Waals surface area contributed by atoms with Gasteiger partial charge in [-0.05, 0) is 24.3 Å². The Labute approximate surface area is 130 Å². The van der Waals surface area contributed by atoms with Crippen molar-refractivity contribution in [1.82, 2.24) is 0 Å². The van der Waals surface area contributed by atoms with E-state index >= 15 is 0 Å². The van der Waals surface area contributed by atoms with Crippen LogP contribution >= 0.6 is 34.5 Å². The first-order chi connectivity index (χ1) is 9.60. The molecule has 1 N–H and O–H groups in total. The number of carbonyl (C=O) groups excluding carboxylic acids is 1. The molecule has 2 aromatic rings. The number of hydrogen-bond acceptors (Lipinski definition) is 4. The predicted octanol–water partition coefficient (Wildman–Crippen LogP) is 4.74. The van der Waals surface area contributed by atoms with Gasteiger partial charge in [-0.1, -0.05) is 29.3 Å². The molecule has 0 aliphatic rings. The number of benzene rings is 1. The number of nitrogens with one attached hydrogen (secondary N) is 1. The zero-order valence-corrected chi connectivity index (χ0v) is 12.4. The van der Waals surface area contributed by atoms with Crippen molar-refractivity contribution in [3.63, 3.8) is 0 Å². The highest BCUT2D eigenvalue weighted by atomic mass is 35.5. The highest BCUT2D eigenvalue weighted by molar-refractivity contribution is 7.20. The second-order valence-corrected chi connectivity index (χ2v) is 6.06. The maximum Gasteiger partial charge on any atom is 0.189 e. The number of hydrogen-bond donors (Lipinski definition) is 1. The maximum absolute atomic E-state index is 11.9. The number of nitriles is 1. The molecule has 0 aliphatic carbocycles. The molecule has 0 amide bonds. The van der Waals surface area contributed by atoms with Gasteiger partial charge in [-0.25, -0.2) is 0 Å². The van der Waals surface area contributed by atoms with Crippen molar-refractivity contribution in [3.8, 4) is 6.07 Å². The van der Waals surface area contributed by atoms with Gasteiger partial charge in [0, 0.05) is 18.0 Å². The Morgan fingerprint density at radius 1 is 1.35 bits per heavy atom. The Morgan fingerprint density at radius 3 is 2.80 bits per heavy atom. The van der Waals surface area contributed by atoms with E-state index in [0.29, 0.717) is 19.8 Å².